The van der Waals surface area contributed by atoms with Crippen molar-refractivity contribution in [3.63, 3.8) is 0 Å². The SMILES string of the molecule is COc1ccc(COCC[C@H](C)OC2OC(CO[Si](C)(C)C(C)(C)C)C(O)C(O)C2O)cc1. The summed E-state index contributed by atoms with van der Waals surface area (Å²) in [4.78, 5) is 0. The Morgan fingerprint density at radius 3 is 2.24 bits per heavy atom. The van der Waals surface area contributed by atoms with E-state index in [1.165, 1.54) is 0 Å². The zero-order valence-electron chi connectivity index (χ0n) is 21.0. The summed E-state index contributed by atoms with van der Waals surface area (Å²) >= 11 is 0. The minimum atomic E-state index is -2.07. The minimum Gasteiger partial charge on any atom is -0.497 e. The van der Waals surface area contributed by atoms with Crippen molar-refractivity contribution in [2.24, 2.45) is 0 Å². The number of benzene rings is 1. The van der Waals surface area contributed by atoms with Gasteiger partial charge in [-0.15, -0.1) is 0 Å². The molecule has 1 aliphatic heterocycles. The fourth-order valence-electron chi connectivity index (χ4n) is 3.13. The van der Waals surface area contributed by atoms with Gasteiger partial charge in [-0.05, 0) is 49.2 Å². The monoisotopic (exact) mass is 486 g/mol. The molecule has 1 heterocycles. The van der Waals surface area contributed by atoms with Crippen LogP contribution in [-0.2, 0) is 25.2 Å². The van der Waals surface area contributed by atoms with Crippen LogP contribution < -0.4 is 4.74 Å². The number of ether oxygens (including phenoxy) is 4. The summed E-state index contributed by atoms with van der Waals surface area (Å²) in [6, 6.07) is 7.67. The van der Waals surface area contributed by atoms with Gasteiger partial charge in [-0.1, -0.05) is 32.9 Å². The van der Waals surface area contributed by atoms with Crippen molar-refractivity contribution < 1.29 is 38.7 Å². The second kappa shape index (κ2) is 12.1. The fraction of sp³-hybridized carbons (Fsp3) is 0.750. The van der Waals surface area contributed by atoms with Gasteiger partial charge in [-0.3, -0.25) is 0 Å². The Kier molecular flexibility index (Phi) is 10.3. The second-order valence-corrected chi connectivity index (χ2v) is 15.0. The molecule has 0 aliphatic carbocycles. The summed E-state index contributed by atoms with van der Waals surface area (Å²) in [5, 5.41) is 31.1. The summed E-state index contributed by atoms with van der Waals surface area (Å²) in [6.07, 6.45) is -5.55. The highest BCUT2D eigenvalue weighted by atomic mass is 28.4. The van der Waals surface area contributed by atoms with Gasteiger partial charge in [0.25, 0.3) is 0 Å². The summed E-state index contributed by atoms with van der Waals surface area (Å²) in [7, 11) is -0.438. The predicted octanol–water partition coefficient (Wildman–Crippen LogP) is 2.84. The molecule has 0 bridgehead atoms. The molecular weight excluding hydrogens is 444 g/mol. The Bertz CT molecular complexity index is 705. The van der Waals surface area contributed by atoms with Crippen LogP contribution in [0.15, 0.2) is 24.3 Å². The average Bonchev–Trinajstić information content (AvgIpc) is 2.76. The van der Waals surface area contributed by atoms with Crippen LogP contribution in [0, 0.1) is 0 Å². The molecule has 0 saturated carbocycles. The van der Waals surface area contributed by atoms with Crippen molar-refractivity contribution in [3.8, 4) is 5.75 Å². The summed E-state index contributed by atoms with van der Waals surface area (Å²) < 4.78 is 28.7. The van der Waals surface area contributed by atoms with E-state index in [1.54, 1.807) is 7.11 Å². The number of hydrogen-bond acceptors (Lipinski definition) is 8. The van der Waals surface area contributed by atoms with Crippen LogP contribution in [0.4, 0.5) is 0 Å². The van der Waals surface area contributed by atoms with Crippen molar-refractivity contribution in [3.05, 3.63) is 29.8 Å². The lowest BCUT2D eigenvalue weighted by molar-refractivity contribution is -0.310. The predicted molar refractivity (Wildman–Crippen MR) is 128 cm³/mol. The van der Waals surface area contributed by atoms with Crippen LogP contribution in [-0.4, -0.2) is 80.8 Å². The van der Waals surface area contributed by atoms with Crippen LogP contribution in [0.1, 0.15) is 39.7 Å². The maximum absolute atomic E-state index is 10.4. The number of methoxy groups -OCH3 is 1. The maximum Gasteiger partial charge on any atom is 0.192 e. The van der Waals surface area contributed by atoms with E-state index < -0.39 is 39.0 Å². The van der Waals surface area contributed by atoms with Gasteiger partial charge in [0.1, 0.15) is 30.2 Å². The second-order valence-electron chi connectivity index (χ2n) is 10.2. The van der Waals surface area contributed by atoms with E-state index in [0.717, 1.165) is 11.3 Å². The van der Waals surface area contributed by atoms with E-state index in [2.05, 4.69) is 33.9 Å². The van der Waals surface area contributed by atoms with Crippen LogP contribution in [0.2, 0.25) is 18.1 Å². The molecule has 1 saturated heterocycles. The van der Waals surface area contributed by atoms with E-state index in [9.17, 15) is 15.3 Å². The number of aliphatic hydroxyl groups is 3. The molecule has 2 rings (SSSR count). The molecule has 0 aromatic heterocycles. The third-order valence-electron chi connectivity index (χ3n) is 6.55. The van der Waals surface area contributed by atoms with Gasteiger partial charge in [0.05, 0.1) is 26.4 Å². The van der Waals surface area contributed by atoms with Gasteiger partial charge in [0.15, 0.2) is 14.6 Å². The summed E-state index contributed by atoms with van der Waals surface area (Å²) in [6.45, 7) is 13.5. The van der Waals surface area contributed by atoms with E-state index in [1.807, 2.05) is 31.2 Å². The zero-order valence-corrected chi connectivity index (χ0v) is 22.0. The Morgan fingerprint density at radius 1 is 1.03 bits per heavy atom. The average molecular weight is 487 g/mol. The van der Waals surface area contributed by atoms with Crippen LogP contribution in [0.25, 0.3) is 0 Å². The third-order valence-corrected chi connectivity index (χ3v) is 11.0. The molecule has 6 atom stereocenters. The normalized spacial score (nSPS) is 27.4. The molecule has 1 aromatic carbocycles. The van der Waals surface area contributed by atoms with Gasteiger partial charge < -0.3 is 38.7 Å². The largest absolute Gasteiger partial charge is 0.497 e. The van der Waals surface area contributed by atoms with E-state index in [0.29, 0.717) is 19.6 Å². The summed E-state index contributed by atoms with van der Waals surface area (Å²) in [5.74, 6) is 0.798. The third kappa shape index (κ3) is 8.00. The molecule has 0 amide bonds. The van der Waals surface area contributed by atoms with E-state index >= 15 is 0 Å². The van der Waals surface area contributed by atoms with Crippen molar-refractivity contribution >= 4 is 8.32 Å². The molecule has 190 valence electrons. The van der Waals surface area contributed by atoms with Crippen LogP contribution in [0.5, 0.6) is 5.75 Å². The molecular formula is C24H42O8Si. The molecule has 5 unspecified atom stereocenters. The first-order valence-electron chi connectivity index (χ1n) is 11.6. The highest BCUT2D eigenvalue weighted by molar-refractivity contribution is 6.74. The van der Waals surface area contributed by atoms with Crippen LogP contribution in [0.3, 0.4) is 0 Å². The minimum absolute atomic E-state index is 0.000975. The molecule has 3 N–H and O–H groups in total. The smallest absolute Gasteiger partial charge is 0.192 e. The van der Waals surface area contributed by atoms with Gasteiger partial charge in [0.2, 0.25) is 0 Å². The molecule has 0 spiro atoms. The highest BCUT2D eigenvalue weighted by Gasteiger charge is 2.46. The molecule has 0 radical (unpaired) electrons. The lowest BCUT2D eigenvalue weighted by Gasteiger charge is -2.43. The van der Waals surface area contributed by atoms with E-state index in [4.69, 9.17) is 23.4 Å². The van der Waals surface area contributed by atoms with Gasteiger partial charge in [-0.2, -0.15) is 0 Å². The molecule has 1 aromatic rings. The van der Waals surface area contributed by atoms with Crippen molar-refractivity contribution in [2.45, 2.75) is 95.7 Å². The first kappa shape index (κ1) is 28.2. The molecule has 9 heteroatoms. The van der Waals surface area contributed by atoms with Gasteiger partial charge in [-0.25, -0.2) is 0 Å². The van der Waals surface area contributed by atoms with Crippen LogP contribution >= 0.6 is 0 Å². The quantitative estimate of drug-likeness (QED) is 0.324. The fourth-order valence-corrected chi connectivity index (χ4v) is 4.15. The number of rotatable bonds is 11. The van der Waals surface area contributed by atoms with Crippen molar-refractivity contribution in [1.29, 1.82) is 0 Å². The molecule has 1 aliphatic rings. The first-order chi connectivity index (χ1) is 15.4. The lowest BCUT2D eigenvalue weighted by Crippen LogP contribution is -2.60. The standard InChI is InChI=1S/C24H42O8Si/c1-16(12-13-29-14-17-8-10-18(28-5)11-9-17)31-23-22(27)21(26)20(25)19(32-23)15-30-33(6,7)24(2,3)4/h8-11,16,19-23,25-27H,12-15H2,1-7H3/t16-,19?,20?,21?,22?,23?/m0/s1. The molecule has 1 fully saturated rings. The van der Waals surface area contributed by atoms with Crippen molar-refractivity contribution in [1.82, 2.24) is 0 Å². The zero-order chi connectivity index (χ0) is 24.8. The molecule has 33 heavy (non-hydrogen) atoms. The summed E-state index contributed by atoms with van der Waals surface area (Å²) in [5.41, 5.74) is 1.04. The number of aliphatic hydroxyl groups excluding tert-OH is 3. The topological polar surface area (TPSA) is 107 Å². The Morgan fingerprint density at radius 2 is 1.67 bits per heavy atom. The Labute approximate surface area is 198 Å². The number of hydrogen-bond donors (Lipinski definition) is 3. The molecule has 8 nitrogen and oxygen atoms in total. The Balaban J connectivity index is 1.82. The first-order valence-corrected chi connectivity index (χ1v) is 14.5. The Hall–Kier alpha value is -1.04. The van der Waals surface area contributed by atoms with Gasteiger partial charge >= 0.3 is 0 Å². The van der Waals surface area contributed by atoms with Crippen molar-refractivity contribution in [2.75, 3.05) is 20.3 Å². The van der Waals surface area contributed by atoms with Gasteiger partial charge in [0, 0.05) is 6.61 Å². The van der Waals surface area contributed by atoms with E-state index in [-0.39, 0.29) is 17.7 Å². The lowest BCUT2D eigenvalue weighted by atomic mass is 9.99. The highest BCUT2D eigenvalue weighted by Crippen LogP contribution is 2.37. The maximum atomic E-state index is 10.4.